The van der Waals surface area contributed by atoms with Crippen LogP contribution in [-0.2, 0) is 14.3 Å². The predicted octanol–water partition coefficient (Wildman–Crippen LogP) is 1.13. The predicted molar refractivity (Wildman–Crippen MR) is 75.4 cm³/mol. The van der Waals surface area contributed by atoms with Crippen LogP contribution in [0.1, 0.15) is 33.1 Å². The molecule has 118 valence electrons. The van der Waals surface area contributed by atoms with Gasteiger partial charge in [-0.2, -0.15) is 0 Å². The molecule has 0 radical (unpaired) electrons. The first-order valence-corrected chi connectivity index (χ1v) is 7.77. The highest BCUT2D eigenvalue weighted by atomic mass is 16.6. The van der Waals surface area contributed by atoms with E-state index in [-0.39, 0.29) is 29.5 Å². The smallest absolute Gasteiger partial charge is 0.314 e. The second kappa shape index (κ2) is 5.16. The number of ether oxygens (including phenoxy) is 2. The van der Waals surface area contributed by atoms with Crippen LogP contribution in [0.2, 0.25) is 0 Å². The number of piperidine rings is 1. The van der Waals surface area contributed by atoms with E-state index in [4.69, 9.17) is 15.2 Å². The van der Waals surface area contributed by atoms with E-state index < -0.39 is 6.03 Å². The highest BCUT2D eigenvalue weighted by Crippen LogP contribution is 2.53. The van der Waals surface area contributed by atoms with Crippen molar-refractivity contribution in [2.24, 2.45) is 23.0 Å². The second-order valence-corrected chi connectivity index (χ2v) is 7.05. The van der Waals surface area contributed by atoms with Gasteiger partial charge in [0.1, 0.15) is 6.10 Å². The van der Waals surface area contributed by atoms with Crippen molar-refractivity contribution in [2.45, 2.75) is 45.3 Å². The number of rotatable bonds is 2. The molecule has 2 amide bonds. The second-order valence-electron chi connectivity index (χ2n) is 7.05. The number of nitrogens with two attached hydrogens (primary N) is 1. The van der Waals surface area contributed by atoms with Crippen molar-refractivity contribution in [1.82, 2.24) is 4.90 Å². The lowest BCUT2D eigenvalue weighted by Gasteiger charge is -2.53. The van der Waals surface area contributed by atoms with Gasteiger partial charge in [0.2, 0.25) is 0 Å². The van der Waals surface area contributed by atoms with Gasteiger partial charge in [0.25, 0.3) is 0 Å². The molecule has 0 aromatic rings. The average molecular weight is 296 g/mol. The van der Waals surface area contributed by atoms with Gasteiger partial charge in [-0.15, -0.1) is 0 Å². The summed E-state index contributed by atoms with van der Waals surface area (Å²) in [5.41, 5.74) is 5.18. The molecule has 0 bridgehead atoms. The number of hydrogen-bond donors (Lipinski definition) is 1. The lowest BCUT2D eigenvalue weighted by molar-refractivity contribution is -0.213. The molecule has 1 aliphatic carbocycles. The number of fused-ring (bicyclic) bond motifs is 1. The fourth-order valence-electron chi connectivity index (χ4n) is 4.11. The lowest BCUT2D eigenvalue weighted by atomic mass is 9.59. The summed E-state index contributed by atoms with van der Waals surface area (Å²) in [5, 5.41) is 0. The van der Waals surface area contributed by atoms with Gasteiger partial charge in [-0.1, -0.05) is 13.8 Å². The van der Waals surface area contributed by atoms with E-state index in [0.717, 1.165) is 25.9 Å². The van der Waals surface area contributed by atoms with Crippen LogP contribution < -0.4 is 5.73 Å². The van der Waals surface area contributed by atoms with Gasteiger partial charge in [0, 0.05) is 31.0 Å². The maximum Gasteiger partial charge on any atom is 0.314 e. The van der Waals surface area contributed by atoms with Gasteiger partial charge in [-0.05, 0) is 19.3 Å². The Morgan fingerprint density at radius 2 is 2.10 bits per heavy atom. The molecule has 6 nitrogen and oxygen atoms in total. The van der Waals surface area contributed by atoms with Gasteiger partial charge >= 0.3 is 12.0 Å². The van der Waals surface area contributed by atoms with Gasteiger partial charge in [-0.25, -0.2) is 4.79 Å². The summed E-state index contributed by atoms with van der Waals surface area (Å²) in [7, 11) is 0. The van der Waals surface area contributed by atoms with Gasteiger partial charge < -0.3 is 20.1 Å². The Morgan fingerprint density at radius 1 is 1.33 bits per heavy atom. The van der Waals surface area contributed by atoms with Crippen molar-refractivity contribution in [3.8, 4) is 0 Å². The lowest BCUT2D eigenvalue weighted by Crippen LogP contribution is -2.62. The van der Waals surface area contributed by atoms with Crippen LogP contribution in [0.4, 0.5) is 4.79 Å². The summed E-state index contributed by atoms with van der Waals surface area (Å²) < 4.78 is 11.5. The molecule has 2 aliphatic heterocycles. The zero-order chi connectivity index (χ0) is 15.2. The summed E-state index contributed by atoms with van der Waals surface area (Å²) >= 11 is 0. The molecule has 3 aliphatic rings. The van der Waals surface area contributed by atoms with E-state index >= 15 is 0 Å². The van der Waals surface area contributed by atoms with Crippen LogP contribution in [0.25, 0.3) is 0 Å². The normalized spacial score (nSPS) is 37.5. The third kappa shape index (κ3) is 2.39. The minimum absolute atomic E-state index is 0.0681. The maximum absolute atomic E-state index is 12.4. The zero-order valence-corrected chi connectivity index (χ0v) is 12.7. The number of primary amides is 1. The molecule has 2 saturated heterocycles. The average Bonchev–Trinajstić information content (AvgIpc) is 2.91. The minimum Gasteiger partial charge on any atom is -0.461 e. The van der Waals surface area contributed by atoms with Crippen molar-refractivity contribution in [2.75, 3.05) is 19.7 Å². The first-order valence-electron chi connectivity index (χ1n) is 7.77. The molecule has 21 heavy (non-hydrogen) atoms. The van der Waals surface area contributed by atoms with Gasteiger partial charge in [0.15, 0.2) is 0 Å². The van der Waals surface area contributed by atoms with Crippen molar-refractivity contribution < 1.29 is 19.1 Å². The molecule has 2 heterocycles. The third-order valence-electron chi connectivity index (χ3n) is 5.30. The van der Waals surface area contributed by atoms with Crippen LogP contribution >= 0.6 is 0 Å². The SMILES string of the molecule is CC1(C)[C@@H]2OCC[C@@H]2[C@@H]1OC(=O)[C@H]1CCCN(C(N)=O)C1. The third-order valence-corrected chi connectivity index (χ3v) is 5.30. The quantitative estimate of drug-likeness (QED) is 0.775. The summed E-state index contributed by atoms with van der Waals surface area (Å²) in [6.45, 7) is 5.95. The van der Waals surface area contributed by atoms with Crippen LogP contribution in [-0.4, -0.2) is 48.8 Å². The molecule has 0 spiro atoms. The molecular weight excluding hydrogens is 272 g/mol. The molecule has 3 rings (SSSR count). The number of carbonyl (C=O) groups excluding carboxylic acids is 2. The van der Waals surface area contributed by atoms with E-state index in [1.807, 2.05) is 0 Å². The van der Waals surface area contributed by atoms with Crippen LogP contribution in [0.3, 0.4) is 0 Å². The van der Waals surface area contributed by atoms with Crippen molar-refractivity contribution in [1.29, 1.82) is 0 Å². The van der Waals surface area contributed by atoms with Crippen molar-refractivity contribution >= 4 is 12.0 Å². The van der Waals surface area contributed by atoms with E-state index in [1.165, 1.54) is 4.90 Å². The zero-order valence-electron chi connectivity index (χ0n) is 12.7. The molecule has 1 saturated carbocycles. The molecule has 0 aromatic carbocycles. The molecule has 2 N–H and O–H groups in total. The Kier molecular flexibility index (Phi) is 3.59. The van der Waals surface area contributed by atoms with E-state index in [0.29, 0.717) is 19.0 Å². The fourth-order valence-corrected chi connectivity index (χ4v) is 4.11. The molecule has 4 atom stereocenters. The molecule has 6 heteroatoms. The summed E-state index contributed by atoms with van der Waals surface area (Å²) in [6.07, 6.45) is 2.67. The Labute approximate surface area is 124 Å². The highest BCUT2D eigenvalue weighted by molar-refractivity contribution is 5.76. The molecule has 3 fully saturated rings. The van der Waals surface area contributed by atoms with Crippen LogP contribution in [0.5, 0.6) is 0 Å². The fraction of sp³-hybridized carbons (Fsp3) is 0.867. The van der Waals surface area contributed by atoms with E-state index in [1.54, 1.807) is 0 Å². The van der Waals surface area contributed by atoms with Gasteiger partial charge in [0.05, 0.1) is 12.0 Å². The van der Waals surface area contributed by atoms with E-state index in [9.17, 15) is 9.59 Å². The van der Waals surface area contributed by atoms with Crippen LogP contribution in [0, 0.1) is 17.3 Å². The number of carbonyl (C=O) groups is 2. The Balaban J connectivity index is 1.60. The number of urea groups is 1. The highest BCUT2D eigenvalue weighted by Gasteiger charge is 2.61. The number of hydrogen-bond acceptors (Lipinski definition) is 4. The summed E-state index contributed by atoms with van der Waals surface area (Å²) in [6, 6.07) is -0.458. The minimum atomic E-state index is -0.458. The largest absolute Gasteiger partial charge is 0.461 e. The van der Waals surface area contributed by atoms with Crippen molar-refractivity contribution in [3.63, 3.8) is 0 Å². The number of nitrogens with zero attached hydrogens (tertiary/aromatic N) is 1. The Morgan fingerprint density at radius 3 is 2.81 bits per heavy atom. The summed E-state index contributed by atoms with van der Waals surface area (Å²) in [5.74, 6) is -0.104. The number of esters is 1. The summed E-state index contributed by atoms with van der Waals surface area (Å²) in [4.78, 5) is 25.2. The molecular formula is C15H24N2O4. The first kappa shape index (κ1) is 14.6. The number of amides is 2. The molecule has 0 unspecified atom stereocenters. The maximum atomic E-state index is 12.4. The Bertz CT molecular complexity index is 451. The Hall–Kier alpha value is -1.30. The standard InChI is InChI=1S/C15H24N2O4/c1-15(2)11-10(5-7-20-11)12(15)21-13(18)9-4-3-6-17(8-9)14(16)19/h9-12H,3-8H2,1-2H3,(H2,16,19)/t9-,10-,11+,12-/m0/s1. The first-order chi connectivity index (χ1) is 9.91. The van der Waals surface area contributed by atoms with E-state index in [2.05, 4.69) is 13.8 Å². The van der Waals surface area contributed by atoms with Gasteiger partial charge in [-0.3, -0.25) is 4.79 Å². The van der Waals surface area contributed by atoms with Crippen LogP contribution in [0.15, 0.2) is 0 Å². The van der Waals surface area contributed by atoms with Crippen molar-refractivity contribution in [3.05, 3.63) is 0 Å². The molecule has 0 aromatic heterocycles. The monoisotopic (exact) mass is 296 g/mol. The number of likely N-dealkylation sites (tertiary alicyclic amines) is 1. The topological polar surface area (TPSA) is 81.9 Å².